The molecule has 1 heterocycles. The number of ether oxygens (including phenoxy) is 1. The molecule has 0 saturated heterocycles. The van der Waals surface area contributed by atoms with E-state index in [0.29, 0.717) is 5.75 Å². The van der Waals surface area contributed by atoms with Crippen molar-refractivity contribution in [2.75, 3.05) is 7.05 Å². The van der Waals surface area contributed by atoms with Gasteiger partial charge in [0.25, 0.3) is 0 Å². The number of allylic oxidation sites excluding steroid dienone is 3. The van der Waals surface area contributed by atoms with Crippen molar-refractivity contribution in [3.8, 4) is 5.75 Å². The Bertz CT molecular complexity index is 590. The summed E-state index contributed by atoms with van der Waals surface area (Å²) >= 11 is 2.23. The Kier molecular flexibility index (Phi) is 6.62. The molecule has 0 fully saturated rings. The van der Waals surface area contributed by atoms with E-state index in [1.165, 1.54) is 6.92 Å². The summed E-state index contributed by atoms with van der Waals surface area (Å²) in [5, 5.41) is 0. The molecule has 0 aliphatic carbocycles. The van der Waals surface area contributed by atoms with Crippen molar-refractivity contribution in [1.82, 2.24) is 4.90 Å². The van der Waals surface area contributed by atoms with E-state index >= 15 is 0 Å². The van der Waals surface area contributed by atoms with E-state index < -0.39 is 0 Å². The van der Waals surface area contributed by atoms with Crippen LogP contribution in [0.3, 0.4) is 0 Å². The number of carbonyl (C=O) groups is 1. The van der Waals surface area contributed by atoms with Gasteiger partial charge >= 0.3 is 5.97 Å². The standard InChI is InChI=1S/C15H13INO2.Y/c1-10-14(16)8-9-15(17(10)3)12-4-6-13(7-5-12)19-11(2)18;/h4-8H,1H2,2-3H3;/q-1;. The minimum Gasteiger partial charge on any atom is -0.427 e. The fourth-order valence-electron chi connectivity index (χ4n) is 1.73. The van der Waals surface area contributed by atoms with E-state index in [-0.39, 0.29) is 38.7 Å². The Morgan fingerprint density at radius 1 is 1.35 bits per heavy atom. The van der Waals surface area contributed by atoms with Crippen LogP contribution in [0.25, 0.3) is 5.70 Å². The summed E-state index contributed by atoms with van der Waals surface area (Å²) in [4.78, 5) is 12.9. The van der Waals surface area contributed by atoms with Crippen molar-refractivity contribution in [1.29, 1.82) is 0 Å². The Morgan fingerprint density at radius 3 is 2.50 bits per heavy atom. The van der Waals surface area contributed by atoms with Crippen LogP contribution in [0.4, 0.5) is 0 Å². The van der Waals surface area contributed by atoms with Gasteiger partial charge < -0.3 is 9.64 Å². The average molecular weight is 455 g/mol. The van der Waals surface area contributed by atoms with Gasteiger partial charge in [0.05, 0.1) is 0 Å². The van der Waals surface area contributed by atoms with Crippen molar-refractivity contribution in [2.45, 2.75) is 6.92 Å². The number of likely N-dealkylation sites (N-methyl/N-ethyl adjacent to an activating group) is 1. The molecule has 1 aromatic rings. The van der Waals surface area contributed by atoms with E-state index in [1.807, 2.05) is 30.2 Å². The van der Waals surface area contributed by atoms with Gasteiger partial charge in [0.15, 0.2) is 0 Å². The molecule has 3 nitrogen and oxygen atoms in total. The number of hydrogen-bond acceptors (Lipinski definition) is 3. The fraction of sp³-hybridized carbons (Fsp3) is 0.133. The first kappa shape index (κ1) is 17.6. The molecule has 1 aromatic carbocycles. The maximum Gasteiger partial charge on any atom is 0.308 e. The van der Waals surface area contributed by atoms with Crippen LogP contribution < -0.4 is 4.74 Å². The topological polar surface area (TPSA) is 29.5 Å². The fourth-order valence-corrected chi connectivity index (χ4v) is 2.25. The van der Waals surface area contributed by atoms with Gasteiger partial charge in [-0.15, -0.1) is 34.7 Å². The molecule has 20 heavy (non-hydrogen) atoms. The monoisotopic (exact) mass is 455 g/mol. The van der Waals surface area contributed by atoms with Gasteiger partial charge in [0, 0.05) is 46.7 Å². The molecular weight excluding hydrogens is 442 g/mol. The first-order valence-electron chi connectivity index (χ1n) is 5.70. The average Bonchev–Trinajstić information content (AvgIpc) is 2.37. The van der Waals surface area contributed by atoms with Crippen LogP contribution in [-0.4, -0.2) is 17.9 Å². The summed E-state index contributed by atoms with van der Waals surface area (Å²) in [6.07, 6.45) is 5.14. The number of rotatable bonds is 2. The minimum atomic E-state index is -0.320. The smallest absolute Gasteiger partial charge is 0.308 e. The van der Waals surface area contributed by atoms with Crippen LogP contribution in [0.15, 0.2) is 46.2 Å². The first-order valence-corrected chi connectivity index (χ1v) is 6.78. The third kappa shape index (κ3) is 4.02. The van der Waals surface area contributed by atoms with Crippen LogP contribution in [0.5, 0.6) is 5.75 Å². The van der Waals surface area contributed by atoms with Crippen molar-refractivity contribution in [3.63, 3.8) is 0 Å². The summed E-state index contributed by atoms with van der Waals surface area (Å²) in [6.45, 7) is 5.41. The number of carbonyl (C=O) groups excluding carboxylic acids is 1. The Morgan fingerprint density at radius 2 is 1.95 bits per heavy atom. The summed E-state index contributed by atoms with van der Waals surface area (Å²) in [6, 6.07) is 7.34. The summed E-state index contributed by atoms with van der Waals surface area (Å²) in [5.41, 5.74) is 2.89. The third-order valence-electron chi connectivity index (χ3n) is 2.74. The van der Waals surface area contributed by atoms with Crippen molar-refractivity contribution >= 4 is 34.3 Å². The zero-order valence-corrected chi connectivity index (χ0v) is 16.3. The summed E-state index contributed by atoms with van der Waals surface area (Å²) in [7, 11) is 1.95. The molecule has 0 amide bonds. The molecule has 1 aliphatic heterocycles. The number of benzene rings is 1. The maximum atomic E-state index is 10.9. The van der Waals surface area contributed by atoms with Crippen LogP contribution in [0, 0.1) is 6.08 Å². The van der Waals surface area contributed by atoms with Crippen molar-refractivity contribution in [3.05, 3.63) is 57.8 Å². The third-order valence-corrected chi connectivity index (χ3v) is 3.67. The zero-order chi connectivity index (χ0) is 14.0. The molecule has 1 aliphatic rings. The van der Waals surface area contributed by atoms with Crippen LogP contribution >= 0.6 is 22.6 Å². The Balaban J connectivity index is 0.00000200. The number of hydrogen-bond donors (Lipinski definition) is 0. The van der Waals surface area contributed by atoms with Crippen molar-refractivity contribution in [2.24, 2.45) is 0 Å². The van der Waals surface area contributed by atoms with Gasteiger partial charge in [-0.1, -0.05) is 21.4 Å². The van der Waals surface area contributed by atoms with E-state index in [2.05, 4.69) is 35.2 Å². The molecular formula is C15H13INO2Y-. The number of nitrogens with zero attached hydrogens (tertiary/aromatic N) is 1. The molecule has 0 saturated carbocycles. The van der Waals surface area contributed by atoms with Gasteiger partial charge in [-0.2, -0.15) is 12.2 Å². The maximum absolute atomic E-state index is 10.9. The molecule has 0 spiro atoms. The molecule has 0 atom stereocenters. The van der Waals surface area contributed by atoms with Gasteiger partial charge in [0.1, 0.15) is 5.75 Å². The second-order valence-electron chi connectivity index (χ2n) is 4.11. The Hall–Kier alpha value is -0.456. The Labute approximate surface area is 157 Å². The zero-order valence-electron chi connectivity index (χ0n) is 11.3. The minimum absolute atomic E-state index is 0. The van der Waals surface area contributed by atoms with Gasteiger partial charge in [-0.25, -0.2) is 0 Å². The molecule has 0 N–H and O–H groups in total. The number of halogens is 1. The predicted octanol–water partition coefficient (Wildman–Crippen LogP) is 3.53. The molecule has 0 bridgehead atoms. The quantitative estimate of drug-likeness (QED) is 0.296. The van der Waals surface area contributed by atoms with Gasteiger partial charge in [-0.05, 0) is 17.8 Å². The van der Waals surface area contributed by atoms with Crippen molar-refractivity contribution < 1.29 is 42.2 Å². The van der Waals surface area contributed by atoms with E-state index in [1.54, 1.807) is 12.1 Å². The summed E-state index contributed by atoms with van der Waals surface area (Å²) in [5.74, 6) is 0.221. The predicted molar refractivity (Wildman–Crippen MR) is 83.4 cm³/mol. The van der Waals surface area contributed by atoms with E-state index in [9.17, 15) is 4.79 Å². The number of esters is 1. The van der Waals surface area contributed by atoms with Gasteiger partial charge in [0.2, 0.25) is 0 Å². The van der Waals surface area contributed by atoms with E-state index in [4.69, 9.17) is 4.74 Å². The molecule has 0 aromatic heterocycles. The summed E-state index contributed by atoms with van der Waals surface area (Å²) < 4.78 is 6.08. The second kappa shape index (κ2) is 7.52. The van der Waals surface area contributed by atoms with Crippen LogP contribution in [0.2, 0.25) is 0 Å². The largest absolute Gasteiger partial charge is 0.427 e. The molecule has 101 valence electrons. The van der Waals surface area contributed by atoms with E-state index in [0.717, 1.165) is 20.5 Å². The first-order chi connectivity index (χ1) is 8.99. The molecule has 5 heteroatoms. The van der Waals surface area contributed by atoms with Gasteiger partial charge in [-0.3, -0.25) is 4.79 Å². The molecule has 2 rings (SSSR count). The molecule has 0 unspecified atom stereocenters. The SMILES string of the molecule is C=C1C(I)=C[C-]=C(c2ccc(OC(C)=O)cc2)N1C.[Y]. The van der Waals surface area contributed by atoms with Crippen LogP contribution in [-0.2, 0) is 37.5 Å². The second-order valence-corrected chi connectivity index (χ2v) is 5.27. The van der Waals surface area contributed by atoms with Crippen LogP contribution in [0.1, 0.15) is 12.5 Å². The molecule has 1 radical (unpaired) electrons. The normalized spacial score (nSPS) is 14.2.